The summed E-state index contributed by atoms with van der Waals surface area (Å²) in [5.41, 5.74) is 3.87. The maximum Gasteiger partial charge on any atom is 0.161 e. The summed E-state index contributed by atoms with van der Waals surface area (Å²) in [7, 11) is 0. The van der Waals surface area contributed by atoms with E-state index in [0.29, 0.717) is 17.2 Å². The molecule has 4 nitrogen and oxygen atoms in total. The number of nitrogens with two attached hydrogens (primary N) is 1. The highest BCUT2D eigenvalue weighted by Crippen LogP contribution is 2.24. The van der Waals surface area contributed by atoms with Gasteiger partial charge in [-0.2, -0.15) is 0 Å². The Morgan fingerprint density at radius 2 is 2.00 bits per heavy atom. The number of halogens is 2. The van der Waals surface area contributed by atoms with Crippen LogP contribution >= 0.6 is 11.6 Å². The number of hydrogen-bond acceptors (Lipinski definition) is 4. The summed E-state index contributed by atoms with van der Waals surface area (Å²) in [5.74, 6) is 6.00. The second kappa shape index (κ2) is 5.50. The smallest absolute Gasteiger partial charge is 0.161 e. The van der Waals surface area contributed by atoms with E-state index in [1.54, 1.807) is 12.1 Å². The first-order chi connectivity index (χ1) is 9.01. The molecule has 1 heterocycles. The number of anilines is 1. The molecule has 2 aromatic rings. The van der Waals surface area contributed by atoms with Gasteiger partial charge in [0.2, 0.25) is 0 Å². The van der Waals surface area contributed by atoms with Gasteiger partial charge in [-0.05, 0) is 24.1 Å². The molecule has 0 fully saturated rings. The van der Waals surface area contributed by atoms with Crippen LogP contribution in [0.15, 0.2) is 24.3 Å². The van der Waals surface area contributed by atoms with Crippen LogP contribution in [0.2, 0.25) is 5.02 Å². The third-order valence-corrected chi connectivity index (χ3v) is 2.97. The van der Waals surface area contributed by atoms with Crippen molar-refractivity contribution >= 4 is 17.4 Å². The Bertz CT molecular complexity index is 601. The van der Waals surface area contributed by atoms with E-state index in [1.165, 1.54) is 12.1 Å². The molecule has 0 spiro atoms. The standard InChI is InChI=1S/C13H14ClFN4/c1-7(2)11-6-12(19-16)18-13(17-11)8-3-4-9(14)10(15)5-8/h3-7H,16H2,1-2H3,(H,17,18,19). The van der Waals surface area contributed by atoms with Crippen LogP contribution in [0.3, 0.4) is 0 Å². The van der Waals surface area contributed by atoms with Crippen LogP contribution in [0, 0.1) is 5.82 Å². The minimum absolute atomic E-state index is 0.0703. The number of nitrogens with zero attached hydrogens (tertiary/aromatic N) is 2. The van der Waals surface area contributed by atoms with Gasteiger partial charge in [-0.1, -0.05) is 25.4 Å². The quantitative estimate of drug-likeness (QED) is 0.668. The number of benzene rings is 1. The van der Waals surface area contributed by atoms with E-state index in [9.17, 15) is 4.39 Å². The lowest BCUT2D eigenvalue weighted by Crippen LogP contribution is -2.11. The fourth-order valence-corrected chi connectivity index (χ4v) is 1.72. The highest BCUT2D eigenvalue weighted by Gasteiger charge is 2.10. The average Bonchev–Trinajstić information content (AvgIpc) is 2.41. The molecule has 0 radical (unpaired) electrons. The Kier molecular flexibility index (Phi) is 3.97. The van der Waals surface area contributed by atoms with Crippen LogP contribution < -0.4 is 11.3 Å². The molecule has 19 heavy (non-hydrogen) atoms. The molecule has 0 saturated carbocycles. The van der Waals surface area contributed by atoms with Crippen molar-refractivity contribution in [1.82, 2.24) is 9.97 Å². The number of aromatic nitrogens is 2. The fraction of sp³-hybridized carbons (Fsp3) is 0.231. The molecule has 3 N–H and O–H groups in total. The zero-order valence-electron chi connectivity index (χ0n) is 10.6. The molecular formula is C13H14ClFN4. The van der Waals surface area contributed by atoms with E-state index >= 15 is 0 Å². The van der Waals surface area contributed by atoms with Crippen LogP contribution in [0.5, 0.6) is 0 Å². The van der Waals surface area contributed by atoms with Gasteiger partial charge in [0.1, 0.15) is 11.6 Å². The largest absolute Gasteiger partial charge is 0.308 e. The Labute approximate surface area is 115 Å². The number of rotatable bonds is 3. The summed E-state index contributed by atoms with van der Waals surface area (Å²) < 4.78 is 13.5. The fourth-order valence-electron chi connectivity index (χ4n) is 1.60. The van der Waals surface area contributed by atoms with Gasteiger partial charge in [0.05, 0.1) is 5.02 Å². The average molecular weight is 281 g/mol. The summed E-state index contributed by atoms with van der Waals surface area (Å²) in [6.07, 6.45) is 0. The Morgan fingerprint density at radius 3 is 2.58 bits per heavy atom. The minimum Gasteiger partial charge on any atom is -0.308 e. The summed E-state index contributed by atoms with van der Waals surface area (Å²) in [5, 5.41) is 0.0703. The van der Waals surface area contributed by atoms with Gasteiger partial charge in [0.15, 0.2) is 5.82 Å². The zero-order valence-corrected chi connectivity index (χ0v) is 11.4. The molecule has 6 heteroatoms. The van der Waals surface area contributed by atoms with Crippen molar-refractivity contribution in [3.05, 3.63) is 40.8 Å². The van der Waals surface area contributed by atoms with Crippen molar-refractivity contribution in [2.45, 2.75) is 19.8 Å². The summed E-state index contributed by atoms with van der Waals surface area (Å²) in [6, 6.07) is 6.22. The normalized spacial score (nSPS) is 10.8. The van der Waals surface area contributed by atoms with Crippen molar-refractivity contribution in [2.75, 3.05) is 5.43 Å². The zero-order chi connectivity index (χ0) is 14.0. The molecule has 0 atom stereocenters. The van der Waals surface area contributed by atoms with Gasteiger partial charge in [0.25, 0.3) is 0 Å². The molecule has 0 unspecified atom stereocenters. The molecule has 0 aliphatic rings. The van der Waals surface area contributed by atoms with Crippen molar-refractivity contribution < 1.29 is 4.39 Å². The molecule has 0 aliphatic carbocycles. The first-order valence-corrected chi connectivity index (χ1v) is 6.20. The summed E-state index contributed by atoms with van der Waals surface area (Å²) in [6.45, 7) is 4.02. The first-order valence-electron chi connectivity index (χ1n) is 5.82. The second-order valence-electron chi connectivity index (χ2n) is 4.43. The predicted molar refractivity (Wildman–Crippen MR) is 74.3 cm³/mol. The van der Waals surface area contributed by atoms with E-state index in [1.807, 2.05) is 13.8 Å². The van der Waals surface area contributed by atoms with Gasteiger partial charge in [-0.15, -0.1) is 0 Å². The highest BCUT2D eigenvalue weighted by molar-refractivity contribution is 6.30. The molecule has 0 aliphatic heterocycles. The van der Waals surface area contributed by atoms with E-state index in [0.717, 1.165) is 5.69 Å². The van der Waals surface area contributed by atoms with Crippen LogP contribution in [0.1, 0.15) is 25.5 Å². The van der Waals surface area contributed by atoms with Crippen LogP contribution in [-0.4, -0.2) is 9.97 Å². The van der Waals surface area contributed by atoms with E-state index in [2.05, 4.69) is 15.4 Å². The van der Waals surface area contributed by atoms with Crippen LogP contribution in [-0.2, 0) is 0 Å². The van der Waals surface area contributed by atoms with Gasteiger partial charge in [-0.25, -0.2) is 20.2 Å². The Morgan fingerprint density at radius 1 is 1.26 bits per heavy atom. The maximum atomic E-state index is 13.5. The van der Waals surface area contributed by atoms with Gasteiger partial charge >= 0.3 is 0 Å². The number of hydrazine groups is 1. The van der Waals surface area contributed by atoms with Gasteiger partial charge in [-0.3, -0.25) is 0 Å². The molecule has 1 aromatic heterocycles. The molecule has 100 valence electrons. The van der Waals surface area contributed by atoms with Crippen LogP contribution in [0.4, 0.5) is 10.2 Å². The second-order valence-corrected chi connectivity index (χ2v) is 4.84. The molecule has 0 bridgehead atoms. The van der Waals surface area contributed by atoms with Gasteiger partial charge in [0, 0.05) is 17.3 Å². The van der Waals surface area contributed by atoms with Gasteiger partial charge < -0.3 is 5.43 Å². The Balaban J connectivity index is 2.54. The maximum absolute atomic E-state index is 13.5. The third kappa shape index (κ3) is 3.00. The SMILES string of the molecule is CC(C)c1cc(NN)nc(-c2ccc(Cl)c(F)c2)n1. The van der Waals surface area contributed by atoms with Crippen molar-refractivity contribution in [2.24, 2.45) is 5.84 Å². The molecule has 0 amide bonds. The number of nitrogens with one attached hydrogen (secondary N) is 1. The Hall–Kier alpha value is -1.72. The first kappa shape index (κ1) is 13.7. The molecule has 1 aromatic carbocycles. The van der Waals surface area contributed by atoms with Crippen molar-refractivity contribution in [3.63, 3.8) is 0 Å². The summed E-state index contributed by atoms with van der Waals surface area (Å²) >= 11 is 5.66. The monoisotopic (exact) mass is 280 g/mol. The van der Waals surface area contributed by atoms with Crippen molar-refractivity contribution in [1.29, 1.82) is 0 Å². The lowest BCUT2D eigenvalue weighted by Gasteiger charge is -2.10. The third-order valence-electron chi connectivity index (χ3n) is 2.66. The highest BCUT2D eigenvalue weighted by atomic mass is 35.5. The van der Waals surface area contributed by atoms with Crippen LogP contribution in [0.25, 0.3) is 11.4 Å². The number of hydrogen-bond donors (Lipinski definition) is 2. The molecule has 0 saturated heterocycles. The summed E-state index contributed by atoms with van der Waals surface area (Å²) in [4.78, 5) is 8.62. The molecule has 2 rings (SSSR count). The minimum atomic E-state index is -0.500. The predicted octanol–water partition coefficient (Wildman–Crippen LogP) is 3.35. The lowest BCUT2D eigenvalue weighted by molar-refractivity contribution is 0.628. The molecular weight excluding hydrogens is 267 g/mol. The number of nitrogen functional groups attached to an aromatic ring is 1. The van der Waals surface area contributed by atoms with E-state index in [-0.39, 0.29) is 10.9 Å². The lowest BCUT2D eigenvalue weighted by atomic mass is 10.1. The van der Waals surface area contributed by atoms with E-state index < -0.39 is 5.82 Å². The van der Waals surface area contributed by atoms with Crippen molar-refractivity contribution in [3.8, 4) is 11.4 Å². The van der Waals surface area contributed by atoms with E-state index in [4.69, 9.17) is 17.4 Å². The topological polar surface area (TPSA) is 63.8 Å².